The molecule has 0 bridgehead atoms. The number of aromatic carboxylic acids is 1. The SMILES string of the molecule is Cc1cccc(-c2ncc(Cl)c3ccc(C(=O)O)cc23)c1F. The summed E-state index contributed by atoms with van der Waals surface area (Å²) < 4.78 is 14.4. The minimum atomic E-state index is -1.06. The fourth-order valence-electron chi connectivity index (χ4n) is 2.39. The summed E-state index contributed by atoms with van der Waals surface area (Å²) in [7, 11) is 0. The summed E-state index contributed by atoms with van der Waals surface area (Å²) in [6.07, 6.45) is 1.45. The lowest BCUT2D eigenvalue weighted by Crippen LogP contribution is -1.98. The molecule has 5 heteroatoms. The first-order valence-electron chi connectivity index (χ1n) is 6.56. The lowest BCUT2D eigenvalue weighted by molar-refractivity contribution is 0.0697. The highest BCUT2D eigenvalue weighted by Gasteiger charge is 2.15. The predicted octanol–water partition coefficient (Wildman–Crippen LogP) is 4.70. The first-order chi connectivity index (χ1) is 10.5. The van der Waals surface area contributed by atoms with Crippen molar-refractivity contribution in [3.8, 4) is 11.3 Å². The Morgan fingerprint density at radius 3 is 2.73 bits per heavy atom. The number of aromatic nitrogens is 1. The number of carbonyl (C=O) groups is 1. The number of rotatable bonds is 2. The molecule has 0 aliphatic carbocycles. The van der Waals surface area contributed by atoms with Crippen molar-refractivity contribution >= 4 is 28.3 Å². The quantitative estimate of drug-likeness (QED) is 0.745. The topological polar surface area (TPSA) is 50.2 Å². The molecule has 0 aliphatic heterocycles. The van der Waals surface area contributed by atoms with Gasteiger partial charge >= 0.3 is 5.97 Å². The van der Waals surface area contributed by atoms with Crippen LogP contribution in [0.15, 0.2) is 42.6 Å². The van der Waals surface area contributed by atoms with Gasteiger partial charge in [0.05, 0.1) is 16.3 Å². The maximum atomic E-state index is 14.4. The summed E-state index contributed by atoms with van der Waals surface area (Å²) in [5.74, 6) is -1.43. The van der Waals surface area contributed by atoms with Crippen LogP contribution in [0.25, 0.3) is 22.0 Å². The molecule has 110 valence electrons. The first kappa shape index (κ1) is 14.5. The molecular formula is C17H11ClFNO2. The van der Waals surface area contributed by atoms with E-state index in [0.717, 1.165) is 0 Å². The van der Waals surface area contributed by atoms with E-state index in [1.165, 1.54) is 18.3 Å². The third-order valence-corrected chi connectivity index (χ3v) is 3.83. The first-order valence-corrected chi connectivity index (χ1v) is 6.94. The van der Waals surface area contributed by atoms with Gasteiger partial charge in [0.2, 0.25) is 0 Å². The molecule has 0 spiro atoms. The number of fused-ring (bicyclic) bond motifs is 1. The van der Waals surface area contributed by atoms with E-state index in [1.54, 1.807) is 31.2 Å². The number of pyridine rings is 1. The number of nitrogens with zero attached hydrogens (tertiary/aromatic N) is 1. The summed E-state index contributed by atoms with van der Waals surface area (Å²) in [6, 6.07) is 9.56. The summed E-state index contributed by atoms with van der Waals surface area (Å²) >= 11 is 6.12. The van der Waals surface area contributed by atoms with Crippen LogP contribution in [0.5, 0.6) is 0 Å². The van der Waals surface area contributed by atoms with Gasteiger partial charge in [-0.15, -0.1) is 0 Å². The van der Waals surface area contributed by atoms with Gasteiger partial charge in [0.1, 0.15) is 5.82 Å². The Labute approximate surface area is 131 Å². The van der Waals surface area contributed by atoms with Crippen LogP contribution < -0.4 is 0 Å². The average Bonchev–Trinajstić information content (AvgIpc) is 2.50. The Hall–Kier alpha value is -2.46. The van der Waals surface area contributed by atoms with E-state index in [-0.39, 0.29) is 11.4 Å². The van der Waals surface area contributed by atoms with Crippen LogP contribution in [0.4, 0.5) is 4.39 Å². The molecule has 0 aliphatic rings. The van der Waals surface area contributed by atoms with E-state index in [9.17, 15) is 9.18 Å². The van der Waals surface area contributed by atoms with Crippen LogP contribution in [-0.2, 0) is 0 Å². The Morgan fingerprint density at radius 2 is 2.00 bits per heavy atom. The van der Waals surface area contributed by atoms with Crippen molar-refractivity contribution < 1.29 is 14.3 Å². The van der Waals surface area contributed by atoms with Crippen LogP contribution in [0.1, 0.15) is 15.9 Å². The van der Waals surface area contributed by atoms with Gasteiger partial charge in [-0.1, -0.05) is 29.8 Å². The zero-order valence-electron chi connectivity index (χ0n) is 11.6. The largest absolute Gasteiger partial charge is 0.478 e. The smallest absolute Gasteiger partial charge is 0.335 e. The number of carboxylic acid groups (broad SMARTS) is 1. The Kier molecular flexibility index (Phi) is 3.54. The van der Waals surface area contributed by atoms with Crippen LogP contribution >= 0.6 is 11.6 Å². The van der Waals surface area contributed by atoms with Gasteiger partial charge in [0.15, 0.2) is 0 Å². The van der Waals surface area contributed by atoms with Gasteiger partial charge < -0.3 is 5.11 Å². The molecule has 1 aromatic heterocycles. The summed E-state index contributed by atoms with van der Waals surface area (Å²) in [6.45, 7) is 1.67. The zero-order valence-corrected chi connectivity index (χ0v) is 12.4. The predicted molar refractivity (Wildman–Crippen MR) is 83.8 cm³/mol. The highest BCUT2D eigenvalue weighted by atomic mass is 35.5. The average molecular weight is 316 g/mol. The molecule has 3 aromatic rings. The number of hydrogen-bond acceptors (Lipinski definition) is 2. The monoisotopic (exact) mass is 315 g/mol. The lowest BCUT2D eigenvalue weighted by atomic mass is 10.00. The normalized spacial score (nSPS) is 10.9. The molecule has 0 unspecified atom stereocenters. The molecule has 1 N–H and O–H groups in total. The number of hydrogen-bond donors (Lipinski definition) is 1. The lowest BCUT2D eigenvalue weighted by Gasteiger charge is -2.10. The van der Waals surface area contributed by atoms with Crippen molar-refractivity contribution in [3.05, 3.63) is 64.6 Å². The molecular weight excluding hydrogens is 305 g/mol. The van der Waals surface area contributed by atoms with E-state index >= 15 is 0 Å². The van der Waals surface area contributed by atoms with Crippen LogP contribution in [-0.4, -0.2) is 16.1 Å². The van der Waals surface area contributed by atoms with Crippen molar-refractivity contribution in [3.63, 3.8) is 0 Å². The molecule has 0 amide bonds. The Balaban J connectivity index is 2.38. The molecule has 3 rings (SSSR count). The fraction of sp³-hybridized carbons (Fsp3) is 0.0588. The number of aryl methyl sites for hydroxylation is 1. The minimum Gasteiger partial charge on any atom is -0.478 e. The molecule has 0 radical (unpaired) electrons. The molecule has 0 fully saturated rings. The molecule has 0 saturated heterocycles. The minimum absolute atomic E-state index is 0.103. The van der Waals surface area contributed by atoms with Crippen molar-refractivity contribution in [2.75, 3.05) is 0 Å². The van der Waals surface area contributed by atoms with Gasteiger partial charge in [-0.2, -0.15) is 0 Å². The second kappa shape index (κ2) is 5.39. The van der Waals surface area contributed by atoms with E-state index < -0.39 is 5.97 Å². The third kappa shape index (κ3) is 2.31. The van der Waals surface area contributed by atoms with E-state index in [2.05, 4.69) is 4.98 Å². The van der Waals surface area contributed by atoms with Crippen molar-refractivity contribution in [2.45, 2.75) is 6.92 Å². The number of benzene rings is 2. The van der Waals surface area contributed by atoms with Crippen molar-refractivity contribution in [2.24, 2.45) is 0 Å². The number of halogens is 2. The van der Waals surface area contributed by atoms with Crippen molar-refractivity contribution in [1.82, 2.24) is 4.98 Å². The van der Waals surface area contributed by atoms with Gasteiger partial charge in [0, 0.05) is 22.5 Å². The second-order valence-corrected chi connectivity index (χ2v) is 5.36. The van der Waals surface area contributed by atoms with Crippen LogP contribution in [0.3, 0.4) is 0 Å². The third-order valence-electron chi connectivity index (χ3n) is 3.53. The highest BCUT2D eigenvalue weighted by molar-refractivity contribution is 6.35. The van der Waals surface area contributed by atoms with Gasteiger partial charge in [-0.05, 0) is 30.7 Å². The molecule has 0 atom stereocenters. The van der Waals surface area contributed by atoms with Crippen LogP contribution in [0.2, 0.25) is 5.02 Å². The van der Waals surface area contributed by atoms with E-state index in [4.69, 9.17) is 16.7 Å². The highest BCUT2D eigenvalue weighted by Crippen LogP contribution is 2.33. The van der Waals surface area contributed by atoms with E-state index in [1.807, 2.05) is 0 Å². The standard InChI is InChI=1S/C17H11ClFNO2/c1-9-3-2-4-12(15(9)19)16-13-7-10(17(21)22)5-6-11(13)14(18)8-20-16/h2-8H,1H3,(H,21,22). The van der Waals surface area contributed by atoms with Crippen LogP contribution in [0, 0.1) is 12.7 Å². The summed E-state index contributed by atoms with van der Waals surface area (Å²) in [5, 5.41) is 10.7. The molecule has 0 saturated carbocycles. The summed E-state index contributed by atoms with van der Waals surface area (Å²) in [4.78, 5) is 15.4. The van der Waals surface area contributed by atoms with Gasteiger partial charge in [0.25, 0.3) is 0 Å². The van der Waals surface area contributed by atoms with Gasteiger partial charge in [-0.25, -0.2) is 9.18 Å². The summed E-state index contributed by atoms with van der Waals surface area (Å²) in [5.41, 5.74) is 1.30. The Morgan fingerprint density at radius 1 is 1.23 bits per heavy atom. The van der Waals surface area contributed by atoms with Gasteiger partial charge in [-0.3, -0.25) is 4.98 Å². The van der Waals surface area contributed by atoms with Crippen molar-refractivity contribution in [1.29, 1.82) is 0 Å². The maximum absolute atomic E-state index is 14.4. The molecule has 3 nitrogen and oxygen atoms in total. The Bertz CT molecular complexity index is 909. The fourth-order valence-corrected chi connectivity index (χ4v) is 2.60. The van der Waals surface area contributed by atoms with E-state index in [0.29, 0.717) is 32.6 Å². The zero-order chi connectivity index (χ0) is 15.9. The molecule has 2 aromatic carbocycles. The molecule has 1 heterocycles. The maximum Gasteiger partial charge on any atom is 0.335 e. The second-order valence-electron chi connectivity index (χ2n) is 4.96. The number of carboxylic acids is 1. The molecule has 22 heavy (non-hydrogen) atoms.